The number of para-hydroxylation sites is 1. The monoisotopic (exact) mass is 463 g/mol. The van der Waals surface area contributed by atoms with E-state index < -0.39 is 12.0 Å². The summed E-state index contributed by atoms with van der Waals surface area (Å²) in [6, 6.07) is 14.6. The maximum absolute atomic E-state index is 12.8. The van der Waals surface area contributed by atoms with Crippen LogP contribution in [0.5, 0.6) is 5.75 Å². The predicted molar refractivity (Wildman–Crippen MR) is 130 cm³/mol. The third-order valence-corrected chi connectivity index (χ3v) is 6.05. The molecule has 0 radical (unpaired) electrons. The molecule has 0 saturated carbocycles. The van der Waals surface area contributed by atoms with Crippen LogP contribution in [0.15, 0.2) is 76.4 Å². The molecular formula is C25H25N3O4S. The largest absolute Gasteiger partial charge is 0.484 e. The SMILES string of the molecule is CCOC(=O)C1=C(C)N=C2SC=CN2[C@H]1c1cccc(OCC(=O)Nc2ccccc2C)c1. The Labute approximate surface area is 197 Å². The summed E-state index contributed by atoms with van der Waals surface area (Å²) in [5.74, 6) is -0.103. The second-order valence-corrected chi connectivity index (χ2v) is 8.42. The highest BCUT2D eigenvalue weighted by Crippen LogP contribution is 2.41. The van der Waals surface area contributed by atoms with Gasteiger partial charge in [-0.15, -0.1) is 0 Å². The Morgan fingerprint density at radius 1 is 1.15 bits per heavy atom. The molecule has 33 heavy (non-hydrogen) atoms. The number of esters is 1. The molecule has 7 nitrogen and oxygen atoms in total. The Bertz CT molecular complexity index is 1170. The molecule has 8 heteroatoms. The maximum Gasteiger partial charge on any atom is 0.338 e. The maximum atomic E-state index is 12.8. The standard InChI is InChI=1S/C25H25N3O4S/c1-4-31-24(30)22-17(3)26-25-28(12-13-33-25)23(22)18-9-7-10-19(14-18)32-15-21(29)27-20-11-6-5-8-16(20)2/h5-14,23H,4,15H2,1-3H3,(H,27,29)/t23-/m0/s1. The summed E-state index contributed by atoms with van der Waals surface area (Å²) in [6.45, 7) is 5.68. The van der Waals surface area contributed by atoms with Crippen molar-refractivity contribution in [2.24, 2.45) is 4.99 Å². The lowest BCUT2D eigenvalue weighted by atomic mass is 9.94. The third kappa shape index (κ3) is 4.96. The number of amides is 1. The molecule has 0 aliphatic carbocycles. The molecule has 170 valence electrons. The number of carbonyl (C=O) groups excluding carboxylic acids is 2. The van der Waals surface area contributed by atoms with E-state index in [-0.39, 0.29) is 19.1 Å². The van der Waals surface area contributed by atoms with Crippen molar-refractivity contribution in [3.8, 4) is 5.75 Å². The summed E-state index contributed by atoms with van der Waals surface area (Å²) in [4.78, 5) is 31.7. The Kier molecular flexibility index (Phi) is 6.84. The number of carbonyl (C=O) groups is 2. The van der Waals surface area contributed by atoms with Crippen LogP contribution in [-0.2, 0) is 14.3 Å². The molecule has 2 aliphatic rings. The summed E-state index contributed by atoms with van der Waals surface area (Å²) < 4.78 is 11.1. The molecule has 2 aromatic carbocycles. The van der Waals surface area contributed by atoms with E-state index in [4.69, 9.17) is 9.47 Å². The lowest BCUT2D eigenvalue weighted by molar-refractivity contribution is -0.139. The number of aryl methyl sites for hydroxylation is 1. The second kappa shape index (κ2) is 9.95. The molecule has 1 atom stereocenters. The van der Waals surface area contributed by atoms with Crippen LogP contribution in [0.4, 0.5) is 5.69 Å². The molecule has 2 heterocycles. The molecule has 0 fully saturated rings. The Morgan fingerprint density at radius 3 is 2.76 bits per heavy atom. The van der Waals surface area contributed by atoms with Gasteiger partial charge in [-0.2, -0.15) is 0 Å². The normalized spacial score (nSPS) is 16.9. The van der Waals surface area contributed by atoms with E-state index in [0.717, 1.165) is 22.0 Å². The van der Waals surface area contributed by atoms with Crippen LogP contribution in [0.25, 0.3) is 0 Å². The van der Waals surface area contributed by atoms with Crippen molar-refractivity contribution in [1.82, 2.24) is 4.90 Å². The van der Waals surface area contributed by atoms with E-state index in [0.29, 0.717) is 17.0 Å². The highest BCUT2D eigenvalue weighted by Gasteiger charge is 2.37. The lowest BCUT2D eigenvalue weighted by Gasteiger charge is -2.33. The Balaban J connectivity index is 1.54. The van der Waals surface area contributed by atoms with Crippen molar-refractivity contribution in [1.29, 1.82) is 0 Å². The highest BCUT2D eigenvalue weighted by molar-refractivity contribution is 8.16. The topological polar surface area (TPSA) is 80.2 Å². The van der Waals surface area contributed by atoms with Crippen LogP contribution in [0, 0.1) is 6.92 Å². The molecule has 0 bridgehead atoms. The fraction of sp³-hybridized carbons (Fsp3) is 0.240. The zero-order valence-corrected chi connectivity index (χ0v) is 19.5. The fourth-order valence-corrected chi connectivity index (χ4v) is 4.51. The molecule has 1 amide bonds. The van der Waals surface area contributed by atoms with Gasteiger partial charge in [0.05, 0.1) is 23.9 Å². The van der Waals surface area contributed by atoms with Crippen molar-refractivity contribution in [3.05, 3.63) is 82.5 Å². The van der Waals surface area contributed by atoms with E-state index in [1.165, 1.54) is 11.8 Å². The van der Waals surface area contributed by atoms with Gasteiger partial charge in [0.2, 0.25) is 0 Å². The number of thioether (sulfide) groups is 1. The number of amidine groups is 1. The number of allylic oxidation sites excluding steroid dienone is 1. The van der Waals surface area contributed by atoms with E-state index >= 15 is 0 Å². The van der Waals surface area contributed by atoms with Gasteiger partial charge >= 0.3 is 5.97 Å². The zero-order chi connectivity index (χ0) is 23.4. The number of aliphatic imine (C=N–C) groups is 1. The number of nitrogens with one attached hydrogen (secondary N) is 1. The Morgan fingerprint density at radius 2 is 1.97 bits per heavy atom. The van der Waals surface area contributed by atoms with Gasteiger partial charge in [0.15, 0.2) is 11.8 Å². The van der Waals surface area contributed by atoms with Crippen molar-refractivity contribution >= 4 is 34.5 Å². The van der Waals surface area contributed by atoms with Crippen LogP contribution >= 0.6 is 11.8 Å². The summed E-state index contributed by atoms with van der Waals surface area (Å²) in [5.41, 5.74) is 3.69. The molecular weight excluding hydrogens is 438 g/mol. The number of hydrogen-bond acceptors (Lipinski definition) is 7. The Hall–Kier alpha value is -3.52. The van der Waals surface area contributed by atoms with E-state index in [1.807, 2.05) is 72.8 Å². The highest BCUT2D eigenvalue weighted by atomic mass is 32.2. The molecule has 0 aromatic heterocycles. The smallest absolute Gasteiger partial charge is 0.338 e. The van der Waals surface area contributed by atoms with Gasteiger partial charge in [-0.25, -0.2) is 9.79 Å². The molecule has 1 N–H and O–H groups in total. The van der Waals surface area contributed by atoms with Gasteiger partial charge in [0.1, 0.15) is 5.75 Å². The number of fused-ring (bicyclic) bond motifs is 1. The van der Waals surface area contributed by atoms with Gasteiger partial charge in [0.25, 0.3) is 5.91 Å². The van der Waals surface area contributed by atoms with Crippen molar-refractivity contribution < 1.29 is 19.1 Å². The number of anilines is 1. The van der Waals surface area contributed by atoms with Crippen LogP contribution in [0.1, 0.15) is 31.0 Å². The first kappa shape index (κ1) is 22.7. The quantitative estimate of drug-likeness (QED) is 0.595. The van der Waals surface area contributed by atoms with Crippen LogP contribution in [0.3, 0.4) is 0 Å². The first-order chi connectivity index (χ1) is 16.0. The number of rotatable bonds is 7. The van der Waals surface area contributed by atoms with Crippen molar-refractivity contribution in [2.75, 3.05) is 18.5 Å². The van der Waals surface area contributed by atoms with Gasteiger partial charge in [0, 0.05) is 11.9 Å². The first-order valence-corrected chi connectivity index (χ1v) is 11.5. The number of benzene rings is 2. The van der Waals surface area contributed by atoms with Crippen molar-refractivity contribution in [2.45, 2.75) is 26.8 Å². The summed E-state index contributed by atoms with van der Waals surface area (Å²) in [5, 5.41) is 5.60. The third-order valence-electron chi connectivity index (χ3n) is 5.28. The predicted octanol–water partition coefficient (Wildman–Crippen LogP) is 4.78. The number of hydrogen-bond donors (Lipinski definition) is 1. The summed E-state index contributed by atoms with van der Waals surface area (Å²) in [6.07, 6.45) is 1.91. The second-order valence-electron chi connectivity index (χ2n) is 7.55. The van der Waals surface area contributed by atoms with Gasteiger partial charge in [-0.3, -0.25) is 4.79 Å². The molecule has 0 saturated heterocycles. The minimum absolute atomic E-state index is 0.131. The van der Waals surface area contributed by atoms with Gasteiger partial charge in [-0.1, -0.05) is 42.1 Å². The van der Waals surface area contributed by atoms with E-state index in [9.17, 15) is 9.59 Å². The average molecular weight is 464 g/mol. The molecule has 0 spiro atoms. The summed E-state index contributed by atoms with van der Waals surface area (Å²) in [7, 11) is 0. The first-order valence-electron chi connectivity index (χ1n) is 10.6. The van der Waals surface area contributed by atoms with Crippen molar-refractivity contribution in [3.63, 3.8) is 0 Å². The molecule has 0 unspecified atom stereocenters. The van der Waals surface area contributed by atoms with Crippen LogP contribution < -0.4 is 10.1 Å². The lowest BCUT2D eigenvalue weighted by Crippen LogP contribution is -2.34. The molecule has 2 aliphatic heterocycles. The van der Waals surface area contributed by atoms with E-state index in [2.05, 4.69) is 10.3 Å². The average Bonchev–Trinajstić information content (AvgIpc) is 3.26. The zero-order valence-electron chi connectivity index (χ0n) is 18.7. The minimum Gasteiger partial charge on any atom is -0.484 e. The molecule has 4 rings (SSSR count). The minimum atomic E-state index is -0.396. The van der Waals surface area contributed by atoms with Gasteiger partial charge in [-0.05, 0) is 55.5 Å². The van der Waals surface area contributed by atoms with Gasteiger partial charge < -0.3 is 19.7 Å². The van der Waals surface area contributed by atoms with Crippen LogP contribution in [0.2, 0.25) is 0 Å². The van der Waals surface area contributed by atoms with Crippen LogP contribution in [-0.4, -0.2) is 35.2 Å². The molecule has 2 aromatic rings. The number of nitrogens with zero attached hydrogens (tertiary/aromatic N) is 2. The fourth-order valence-electron chi connectivity index (χ4n) is 3.72. The summed E-state index contributed by atoms with van der Waals surface area (Å²) >= 11 is 1.50. The number of ether oxygens (including phenoxy) is 2. The van der Waals surface area contributed by atoms with E-state index in [1.54, 1.807) is 13.0 Å².